The molecule has 8 heteroatoms. The number of carbonyl (C=O) groups is 2. The minimum atomic E-state index is -2.89. The molecule has 0 bridgehead atoms. The summed E-state index contributed by atoms with van der Waals surface area (Å²) in [6.07, 6.45) is 1.30. The third-order valence-electron chi connectivity index (χ3n) is 5.23. The summed E-state index contributed by atoms with van der Waals surface area (Å²) in [6.45, 7) is -1.41. The summed E-state index contributed by atoms with van der Waals surface area (Å²) in [5, 5.41) is 3.03. The van der Waals surface area contributed by atoms with Gasteiger partial charge < -0.3 is 15.8 Å². The van der Waals surface area contributed by atoms with Crippen LogP contribution in [0.1, 0.15) is 30.0 Å². The zero-order valence-electron chi connectivity index (χ0n) is 16.5. The number of carbonyl (C=O) groups excluding carboxylic acids is 2. The summed E-state index contributed by atoms with van der Waals surface area (Å²) >= 11 is 0. The lowest BCUT2D eigenvalue weighted by Crippen LogP contribution is -2.44. The number of amides is 2. The molecule has 0 unspecified atom stereocenters. The van der Waals surface area contributed by atoms with E-state index in [9.17, 15) is 18.4 Å². The van der Waals surface area contributed by atoms with E-state index in [-0.39, 0.29) is 30.0 Å². The summed E-state index contributed by atoms with van der Waals surface area (Å²) < 4.78 is 29.2. The van der Waals surface area contributed by atoms with Crippen LogP contribution in [0.5, 0.6) is 5.75 Å². The molecule has 1 aliphatic rings. The number of alkyl halides is 2. The highest BCUT2D eigenvalue weighted by Gasteiger charge is 2.25. The van der Waals surface area contributed by atoms with Gasteiger partial charge in [0.1, 0.15) is 5.75 Å². The second-order valence-electron chi connectivity index (χ2n) is 7.31. The Hall–Kier alpha value is -3.00. The predicted molar refractivity (Wildman–Crippen MR) is 108 cm³/mol. The first-order valence-electron chi connectivity index (χ1n) is 9.83. The molecule has 1 heterocycles. The number of hydrogen-bond donors (Lipinski definition) is 2. The quantitative estimate of drug-likeness (QED) is 0.692. The summed E-state index contributed by atoms with van der Waals surface area (Å²) in [5.41, 5.74) is 6.99. The zero-order chi connectivity index (χ0) is 21.5. The van der Waals surface area contributed by atoms with Crippen LogP contribution >= 0.6 is 0 Å². The molecule has 160 valence electrons. The van der Waals surface area contributed by atoms with Crippen LogP contribution < -0.4 is 15.8 Å². The fourth-order valence-electron chi connectivity index (χ4n) is 3.63. The van der Waals surface area contributed by atoms with Gasteiger partial charge in [0, 0.05) is 5.92 Å². The van der Waals surface area contributed by atoms with Gasteiger partial charge in [-0.1, -0.05) is 42.5 Å². The molecule has 30 heavy (non-hydrogen) atoms. The first-order valence-corrected chi connectivity index (χ1v) is 9.83. The normalized spacial score (nSPS) is 16.2. The van der Waals surface area contributed by atoms with Gasteiger partial charge in [0.15, 0.2) is 0 Å². The molecule has 1 atom stereocenters. The number of likely N-dealkylation sites (tertiary alicyclic amines) is 1. The Balaban J connectivity index is 1.68. The van der Waals surface area contributed by atoms with E-state index in [1.54, 1.807) is 12.1 Å². The number of nitrogens with one attached hydrogen (secondary N) is 1. The van der Waals surface area contributed by atoms with Crippen molar-refractivity contribution >= 4 is 11.8 Å². The van der Waals surface area contributed by atoms with E-state index in [2.05, 4.69) is 10.1 Å². The molecule has 3 N–H and O–H groups in total. The van der Waals surface area contributed by atoms with Crippen LogP contribution in [-0.4, -0.2) is 43.0 Å². The minimum absolute atomic E-state index is 0.0595. The Morgan fingerprint density at radius 1 is 1.03 bits per heavy atom. The summed E-state index contributed by atoms with van der Waals surface area (Å²) in [4.78, 5) is 26.0. The highest BCUT2D eigenvalue weighted by Crippen LogP contribution is 2.25. The molecular formula is C22H25F2N3O3. The largest absolute Gasteiger partial charge is 0.435 e. The third kappa shape index (κ3) is 6.00. The first-order chi connectivity index (χ1) is 14.4. The molecule has 2 amide bonds. The topological polar surface area (TPSA) is 84.7 Å². The van der Waals surface area contributed by atoms with Gasteiger partial charge in [-0.3, -0.25) is 14.5 Å². The molecule has 0 aliphatic carbocycles. The SMILES string of the molecule is NC(=O)C1CCN(CC(=O)N[C@H](c2ccccc2)c2ccc(OC(F)F)cc2)CC1. The van der Waals surface area contributed by atoms with Crippen molar-refractivity contribution < 1.29 is 23.1 Å². The smallest absolute Gasteiger partial charge is 0.387 e. The first kappa shape index (κ1) is 21.7. The lowest BCUT2D eigenvalue weighted by Gasteiger charge is -2.30. The van der Waals surface area contributed by atoms with Gasteiger partial charge in [0.25, 0.3) is 0 Å². The Labute approximate surface area is 174 Å². The lowest BCUT2D eigenvalue weighted by atomic mass is 9.96. The molecule has 2 aromatic carbocycles. The zero-order valence-corrected chi connectivity index (χ0v) is 16.5. The molecule has 0 spiro atoms. The molecule has 1 aliphatic heterocycles. The van der Waals surface area contributed by atoms with E-state index in [1.165, 1.54) is 12.1 Å². The predicted octanol–water partition coefficient (Wildman–Crippen LogP) is 2.69. The molecule has 1 fully saturated rings. The monoisotopic (exact) mass is 417 g/mol. The standard InChI is InChI=1S/C22H25F2N3O3/c23-22(24)30-18-8-6-16(7-9-18)20(15-4-2-1-3-5-15)26-19(28)14-27-12-10-17(11-13-27)21(25)29/h1-9,17,20,22H,10-14H2,(H2,25,29)(H,26,28)/t20-/m1/s1. The minimum Gasteiger partial charge on any atom is -0.435 e. The maximum Gasteiger partial charge on any atom is 0.387 e. The third-order valence-corrected chi connectivity index (χ3v) is 5.23. The number of halogens is 2. The molecule has 1 saturated heterocycles. The molecule has 0 radical (unpaired) electrons. The van der Waals surface area contributed by atoms with Crippen molar-refractivity contribution in [3.63, 3.8) is 0 Å². The molecular weight excluding hydrogens is 392 g/mol. The lowest BCUT2D eigenvalue weighted by molar-refractivity contribution is -0.124. The van der Waals surface area contributed by atoms with Gasteiger partial charge in [-0.2, -0.15) is 8.78 Å². The Morgan fingerprint density at radius 3 is 2.20 bits per heavy atom. The van der Waals surface area contributed by atoms with E-state index in [0.717, 1.165) is 11.1 Å². The summed E-state index contributed by atoms with van der Waals surface area (Å²) in [6, 6.07) is 15.2. The summed E-state index contributed by atoms with van der Waals surface area (Å²) in [5.74, 6) is -0.517. The van der Waals surface area contributed by atoms with Gasteiger partial charge in [-0.15, -0.1) is 0 Å². The second-order valence-corrected chi connectivity index (χ2v) is 7.31. The number of nitrogens with zero attached hydrogens (tertiary/aromatic N) is 1. The van der Waals surface area contributed by atoms with Crippen molar-refractivity contribution in [1.82, 2.24) is 10.2 Å². The number of benzene rings is 2. The molecule has 0 aromatic heterocycles. The van der Waals surface area contributed by atoms with E-state index >= 15 is 0 Å². The van der Waals surface area contributed by atoms with Gasteiger partial charge in [0.2, 0.25) is 11.8 Å². The second kappa shape index (κ2) is 10.2. The summed E-state index contributed by atoms with van der Waals surface area (Å²) in [7, 11) is 0. The van der Waals surface area contributed by atoms with Crippen molar-refractivity contribution in [2.45, 2.75) is 25.5 Å². The number of hydrogen-bond acceptors (Lipinski definition) is 4. The van der Waals surface area contributed by atoms with Crippen molar-refractivity contribution in [3.05, 3.63) is 65.7 Å². The highest BCUT2D eigenvalue weighted by molar-refractivity contribution is 5.79. The number of primary amides is 1. The van der Waals surface area contributed by atoms with Crippen molar-refractivity contribution in [2.24, 2.45) is 11.7 Å². The van der Waals surface area contributed by atoms with Crippen LogP contribution in [-0.2, 0) is 9.59 Å². The Kier molecular flexibility index (Phi) is 7.35. The van der Waals surface area contributed by atoms with E-state index in [1.807, 2.05) is 35.2 Å². The van der Waals surface area contributed by atoms with Crippen LogP contribution in [0.4, 0.5) is 8.78 Å². The molecule has 0 saturated carbocycles. The number of ether oxygens (including phenoxy) is 1. The number of rotatable bonds is 8. The van der Waals surface area contributed by atoms with Crippen molar-refractivity contribution in [2.75, 3.05) is 19.6 Å². The molecule has 2 aromatic rings. The average Bonchev–Trinajstić information content (AvgIpc) is 2.73. The van der Waals surface area contributed by atoms with Crippen LogP contribution in [0, 0.1) is 5.92 Å². The van der Waals surface area contributed by atoms with Crippen LogP contribution in [0.15, 0.2) is 54.6 Å². The van der Waals surface area contributed by atoms with Gasteiger partial charge in [0.05, 0.1) is 12.6 Å². The number of piperidine rings is 1. The van der Waals surface area contributed by atoms with Crippen LogP contribution in [0.2, 0.25) is 0 Å². The van der Waals surface area contributed by atoms with E-state index in [4.69, 9.17) is 5.73 Å². The highest BCUT2D eigenvalue weighted by atomic mass is 19.3. The van der Waals surface area contributed by atoms with Gasteiger partial charge in [-0.05, 0) is 49.2 Å². The number of nitrogens with two attached hydrogens (primary N) is 1. The fourth-order valence-corrected chi connectivity index (χ4v) is 3.63. The maximum absolute atomic E-state index is 12.7. The van der Waals surface area contributed by atoms with Gasteiger partial charge >= 0.3 is 6.61 Å². The fraction of sp³-hybridized carbons (Fsp3) is 0.364. The van der Waals surface area contributed by atoms with Crippen LogP contribution in [0.25, 0.3) is 0 Å². The van der Waals surface area contributed by atoms with Crippen LogP contribution in [0.3, 0.4) is 0 Å². The van der Waals surface area contributed by atoms with Crippen molar-refractivity contribution in [3.8, 4) is 5.75 Å². The Bertz CT molecular complexity index is 838. The maximum atomic E-state index is 12.7. The van der Waals surface area contributed by atoms with E-state index < -0.39 is 12.7 Å². The van der Waals surface area contributed by atoms with Gasteiger partial charge in [-0.25, -0.2) is 0 Å². The Morgan fingerprint density at radius 2 is 1.63 bits per heavy atom. The molecule has 3 rings (SSSR count). The molecule has 6 nitrogen and oxygen atoms in total. The van der Waals surface area contributed by atoms with Crippen molar-refractivity contribution in [1.29, 1.82) is 0 Å². The average molecular weight is 417 g/mol. The van der Waals surface area contributed by atoms with E-state index in [0.29, 0.717) is 25.9 Å².